The molecule has 1 heterocycles. The molecule has 0 radical (unpaired) electrons. The molecule has 1 atom stereocenters. The van der Waals surface area contributed by atoms with E-state index < -0.39 is 0 Å². The van der Waals surface area contributed by atoms with Gasteiger partial charge >= 0.3 is 0 Å². The zero-order chi connectivity index (χ0) is 9.80. The molecule has 0 aliphatic carbocycles. The van der Waals surface area contributed by atoms with E-state index in [1.54, 1.807) is 7.11 Å². The van der Waals surface area contributed by atoms with E-state index in [-0.39, 0.29) is 0 Å². The number of nitrogens with one attached hydrogen (secondary N) is 1. The Bertz CT molecular complexity index is 292. The van der Waals surface area contributed by atoms with Crippen molar-refractivity contribution in [3.8, 4) is 5.75 Å². The van der Waals surface area contributed by atoms with Crippen LogP contribution in [0.25, 0.3) is 0 Å². The van der Waals surface area contributed by atoms with Gasteiger partial charge in [0, 0.05) is 6.04 Å². The van der Waals surface area contributed by atoms with Crippen molar-refractivity contribution in [2.45, 2.75) is 25.3 Å². The van der Waals surface area contributed by atoms with E-state index in [1.165, 1.54) is 24.9 Å². The van der Waals surface area contributed by atoms with Crippen molar-refractivity contribution in [2.75, 3.05) is 13.7 Å². The molecule has 0 aromatic heterocycles. The van der Waals surface area contributed by atoms with Gasteiger partial charge in [0.05, 0.1) is 7.11 Å². The Morgan fingerprint density at radius 1 is 1.50 bits per heavy atom. The van der Waals surface area contributed by atoms with E-state index >= 15 is 0 Å². The van der Waals surface area contributed by atoms with Gasteiger partial charge in [-0.05, 0) is 43.5 Å². The fourth-order valence-corrected chi connectivity index (χ4v) is 2.01. The lowest BCUT2D eigenvalue weighted by Gasteiger charge is -2.10. The molecular formula is C12H17NO. The minimum Gasteiger partial charge on any atom is -0.497 e. The minimum atomic E-state index is 0.669. The van der Waals surface area contributed by atoms with Gasteiger partial charge in [-0.2, -0.15) is 0 Å². The highest BCUT2D eigenvalue weighted by atomic mass is 16.5. The maximum atomic E-state index is 5.20. The smallest absolute Gasteiger partial charge is 0.119 e. The number of methoxy groups -OCH3 is 1. The summed E-state index contributed by atoms with van der Waals surface area (Å²) in [6, 6.07) is 9.01. The van der Waals surface area contributed by atoms with Crippen LogP contribution in [-0.2, 0) is 6.42 Å². The van der Waals surface area contributed by atoms with Gasteiger partial charge in [-0.15, -0.1) is 0 Å². The molecule has 2 heteroatoms. The van der Waals surface area contributed by atoms with Crippen LogP contribution in [0.1, 0.15) is 18.4 Å². The van der Waals surface area contributed by atoms with Gasteiger partial charge in [0.25, 0.3) is 0 Å². The summed E-state index contributed by atoms with van der Waals surface area (Å²) in [6.07, 6.45) is 3.74. The first-order chi connectivity index (χ1) is 6.88. The van der Waals surface area contributed by atoms with Crippen molar-refractivity contribution in [3.05, 3.63) is 29.8 Å². The van der Waals surface area contributed by atoms with Crippen LogP contribution in [-0.4, -0.2) is 19.7 Å². The average Bonchev–Trinajstić information content (AvgIpc) is 2.71. The van der Waals surface area contributed by atoms with Gasteiger partial charge in [-0.25, -0.2) is 0 Å². The Balaban J connectivity index is 2.00. The predicted octanol–water partition coefficient (Wildman–Crippen LogP) is 1.99. The van der Waals surface area contributed by atoms with Crippen molar-refractivity contribution < 1.29 is 4.74 Å². The second kappa shape index (κ2) is 4.47. The second-order valence-corrected chi connectivity index (χ2v) is 3.85. The van der Waals surface area contributed by atoms with Crippen LogP contribution >= 0.6 is 0 Å². The van der Waals surface area contributed by atoms with Crippen molar-refractivity contribution in [2.24, 2.45) is 0 Å². The molecule has 1 fully saturated rings. The molecule has 1 unspecified atom stereocenters. The Labute approximate surface area is 85.3 Å². The monoisotopic (exact) mass is 191 g/mol. The van der Waals surface area contributed by atoms with Gasteiger partial charge in [0.15, 0.2) is 0 Å². The van der Waals surface area contributed by atoms with Crippen molar-refractivity contribution in [3.63, 3.8) is 0 Å². The zero-order valence-corrected chi connectivity index (χ0v) is 8.62. The zero-order valence-electron chi connectivity index (χ0n) is 8.62. The van der Waals surface area contributed by atoms with Gasteiger partial charge < -0.3 is 10.1 Å². The number of ether oxygens (including phenoxy) is 1. The molecule has 1 aliphatic heterocycles. The summed E-state index contributed by atoms with van der Waals surface area (Å²) in [5.74, 6) is 0.959. The lowest BCUT2D eigenvalue weighted by atomic mass is 10.0. The van der Waals surface area contributed by atoms with Gasteiger partial charge in [0.2, 0.25) is 0 Å². The maximum Gasteiger partial charge on any atom is 0.119 e. The van der Waals surface area contributed by atoms with Crippen LogP contribution in [0.15, 0.2) is 24.3 Å². The number of hydrogen-bond acceptors (Lipinski definition) is 2. The van der Waals surface area contributed by atoms with E-state index in [1.807, 2.05) is 6.07 Å². The lowest BCUT2D eigenvalue weighted by molar-refractivity contribution is 0.414. The molecule has 0 spiro atoms. The molecule has 76 valence electrons. The van der Waals surface area contributed by atoms with Crippen LogP contribution in [0, 0.1) is 0 Å². The number of hydrogen-bond donors (Lipinski definition) is 1. The van der Waals surface area contributed by atoms with E-state index in [4.69, 9.17) is 4.74 Å². The lowest BCUT2D eigenvalue weighted by Crippen LogP contribution is -2.23. The fourth-order valence-electron chi connectivity index (χ4n) is 2.01. The topological polar surface area (TPSA) is 21.3 Å². The molecule has 2 rings (SSSR count). The first-order valence-electron chi connectivity index (χ1n) is 5.25. The van der Waals surface area contributed by atoms with Gasteiger partial charge in [0.1, 0.15) is 5.75 Å². The van der Waals surface area contributed by atoms with Crippen molar-refractivity contribution in [1.82, 2.24) is 5.32 Å². The summed E-state index contributed by atoms with van der Waals surface area (Å²) < 4.78 is 5.20. The van der Waals surface area contributed by atoms with E-state index in [0.717, 1.165) is 12.2 Å². The van der Waals surface area contributed by atoms with Crippen LogP contribution in [0.4, 0.5) is 0 Å². The Morgan fingerprint density at radius 3 is 3.14 bits per heavy atom. The van der Waals surface area contributed by atoms with E-state index in [9.17, 15) is 0 Å². The molecule has 0 saturated carbocycles. The molecule has 1 N–H and O–H groups in total. The summed E-state index contributed by atoms with van der Waals surface area (Å²) in [5.41, 5.74) is 1.36. The van der Waals surface area contributed by atoms with Crippen LogP contribution in [0.2, 0.25) is 0 Å². The highest BCUT2D eigenvalue weighted by Crippen LogP contribution is 2.16. The molecular weight excluding hydrogens is 174 g/mol. The molecule has 0 bridgehead atoms. The highest BCUT2D eigenvalue weighted by molar-refractivity contribution is 5.29. The average molecular weight is 191 g/mol. The summed E-state index contributed by atoms with van der Waals surface area (Å²) in [7, 11) is 1.72. The largest absolute Gasteiger partial charge is 0.497 e. The molecule has 1 saturated heterocycles. The highest BCUT2D eigenvalue weighted by Gasteiger charge is 2.14. The Morgan fingerprint density at radius 2 is 2.43 bits per heavy atom. The van der Waals surface area contributed by atoms with E-state index in [0.29, 0.717) is 6.04 Å². The molecule has 1 aromatic rings. The Kier molecular flexibility index (Phi) is 3.04. The van der Waals surface area contributed by atoms with Crippen LogP contribution in [0.3, 0.4) is 0 Å². The van der Waals surface area contributed by atoms with Crippen LogP contribution < -0.4 is 10.1 Å². The molecule has 2 nitrogen and oxygen atoms in total. The SMILES string of the molecule is COc1cccc(CC2CCCN2)c1. The summed E-state index contributed by atoms with van der Waals surface area (Å²) >= 11 is 0. The van der Waals surface area contributed by atoms with E-state index in [2.05, 4.69) is 23.5 Å². The minimum absolute atomic E-state index is 0.669. The third-order valence-corrected chi connectivity index (χ3v) is 2.78. The predicted molar refractivity (Wildman–Crippen MR) is 57.7 cm³/mol. The molecule has 1 aromatic carbocycles. The second-order valence-electron chi connectivity index (χ2n) is 3.85. The summed E-state index contributed by atoms with van der Waals surface area (Å²) in [5, 5.41) is 3.50. The molecule has 14 heavy (non-hydrogen) atoms. The standard InChI is InChI=1S/C12H17NO/c1-14-12-6-2-4-10(9-12)8-11-5-3-7-13-11/h2,4,6,9,11,13H,3,5,7-8H2,1H3. The third-order valence-electron chi connectivity index (χ3n) is 2.78. The Hall–Kier alpha value is -1.02. The first kappa shape index (κ1) is 9.53. The van der Waals surface area contributed by atoms with Crippen molar-refractivity contribution >= 4 is 0 Å². The molecule has 0 amide bonds. The number of benzene rings is 1. The van der Waals surface area contributed by atoms with Crippen molar-refractivity contribution in [1.29, 1.82) is 0 Å². The number of rotatable bonds is 3. The maximum absolute atomic E-state index is 5.20. The van der Waals surface area contributed by atoms with Gasteiger partial charge in [-0.3, -0.25) is 0 Å². The quantitative estimate of drug-likeness (QED) is 0.789. The first-order valence-corrected chi connectivity index (χ1v) is 5.25. The summed E-state index contributed by atoms with van der Waals surface area (Å²) in [4.78, 5) is 0. The van der Waals surface area contributed by atoms with Gasteiger partial charge in [-0.1, -0.05) is 12.1 Å². The summed E-state index contributed by atoms with van der Waals surface area (Å²) in [6.45, 7) is 1.18. The normalized spacial score (nSPS) is 21.1. The third kappa shape index (κ3) is 2.26. The fraction of sp³-hybridized carbons (Fsp3) is 0.500. The molecule has 1 aliphatic rings. The van der Waals surface area contributed by atoms with Crippen LogP contribution in [0.5, 0.6) is 5.75 Å².